The summed E-state index contributed by atoms with van der Waals surface area (Å²) in [4.78, 5) is 0. The minimum absolute atomic E-state index is 0.763. The van der Waals surface area contributed by atoms with Crippen LogP contribution in [0.25, 0.3) is 21.5 Å². The number of benzene rings is 3. The molecular formula is C14H8Cl2. The van der Waals surface area contributed by atoms with Crippen molar-refractivity contribution in [2.24, 2.45) is 0 Å². The van der Waals surface area contributed by atoms with E-state index in [0.717, 1.165) is 31.6 Å². The van der Waals surface area contributed by atoms with Crippen LogP contribution in [0.15, 0.2) is 48.5 Å². The molecule has 0 N–H and O–H groups in total. The van der Waals surface area contributed by atoms with Gasteiger partial charge in [-0.15, -0.1) is 0 Å². The lowest BCUT2D eigenvalue weighted by Gasteiger charge is -2.06. The number of hydrogen-bond donors (Lipinski definition) is 0. The number of hydrogen-bond acceptors (Lipinski definition) is 0. The van der Waals surface area contributed by atoms with Crippen LogP contribution < -0.4 is 0 Å². The Kier molecular flexibility index (Phi) is 2.27. The van der Waals surface area contributed by atoms with Crippen LogP contribution in [0.3, 0.4) is 0 Å². The second-order valence-electron chi connectivity index (χ2n) is 3.74. The van der Waals surface area contributed by atoms with Crippen molar-refractivity contribution in [3.05, 3.63) is 58.6 Å². The first kappa shape index (κ1) is 9.95. The van der Waals surface area contributed by atoms with Gasteiger partial charge >= 0.3 is 0 Å². The fourth-order valence-corrected chi connectivity index (χ4v) is 2.58. The second kappa shape index (κ2) is 3.65. The average Bonchev–Trinajstić information content (AvgIpc) is 2.29. The molecule has 78 valence electrons. The second-order valence-corrected chi connectivity index (χ2v) is 4.55. The van der Waals surface area contributed by atoms with Gasteiger partial charge in [-0.2, -0.15) is 0 Å². The summed E-state index contributed by atoms with van der Waals surface area (Å²) >= 11 is 12.4. The first-order chi connectivity index (χ1) is 7.77. The molecule has 2 heteroatoms. The van der Waals surface area contributed by atoms with Gasteiger partial charge in [-0.05, 0) is 22.9 Å². The van der Waals surface area contributed by atoms with Gasteiger partial charge in [0.1, 0.15) is 0 Å². The summed E-state index contributed by atoms with van der Waals surface area (Å²) < 4.78 is 0. The largest absolute Gasteiger partial charge is 0.0837 e. The topological polar surface area (TPSA) is 0 Å². The van der Waals surface area contributed by atoms with E-state index in [1.54, 1.807) is 0 Å². The van der Waals surface area contributed by atoms with E-state index in [4.69, 9.17) is 23.2 Å². The van der Waals surface area contributed by atoms with Gasteiger partial charge in [0.2, 0.25) is 0 Å². The molecule has 0 nitrogen and oxygen atoms in total. The van der Waals surface area contributed by atoms with E-state index in [2.05, 4.69) is 18.2 Å². The van der Waals surface area contributed by atoms with Crippen molar-refractivity contribution in [2.75, 3.05) is 0 Å². The Labute approximate surface area is 103 Å². The third-order valence-electron chi connectivity index (χ3n) is 2.80. The van der Waals surface area contributed by atoms with E-state index in [1.165, 1.54) is 0 Å². The summed E-state index contributed by atoms with van der Waals surface area (Å²) in [7, 11) is 0. The minimum Gasteiger partial charge on any atom is -0.0837 e. The molecule has 0 saturated carbocycles. The third kappa shape index (κ3) is 1.38. The quantitative estimate of drug-likeness (QED) is 0.473. The Morgan fingerprint density at radius 3 is 2.25 bits per heavy atom. The van der Waals surface area contributed by atoms with Crippen LogP contribution in [0, 0.1) is 0 Å². The van der Waals surface area contributed by atoms with Gasteiger partial charge < -0.3 is 0 Å². The van der Waals surface area contributed by atoms with Crippen LogP contribution in [-0.2, 0) is 0 Å². The number of fused-ring (bicyclic) bond motifs is 3. The molecule has 16 heavy (non-hydrogen) atoms. The van der Waals surface area contributed by atoms with E-state index in [9.17, 15) is 0 Å². The Balaban J connectivity index is 2.64. The molecule has 3 aromatic rings. The van der Waals surface area contributed by atoms with Crippen molar-refractivity contribution in [3.63, 3.8) is 0 Å². The highest BCUT2D eigenvalue weighted by atomic mass is 35.5. The molecular weight excluding hydrogens is 239 g/mol. The maximum absolute atomic E-state index is 6.25. The molecule has 3 aromatic carbocycles. The lowest BCUT2D eigenvalue weighted by atomic mass is 10.0. The standard InChI is InChI=1S/C14H8Cl2/c15-12-5-2-4-11-10(12)8-7-9-3-1-6-13(16)14(9)11/h1-8H. The van der Waals surface area contributed by atoms with Gasteiger partial charge in [0, 0.05) is 20.8 Å². The molecule has 0 saturated heterocycles. The Morgan fingerprint density at radius 2 is 1.38 bits per heavy atom. The maximum atomic E-state index is 6.25. The van der Waals surface area contributed by atoms with Crippen molar-refractivity contribution in [2.45, 2.75) is 0 Å². The summed E-state index contributed by atoms with van der Waals surface area (Å²) in [5, 5.41) is 5.90. The van der Waals surface area contributed by atoms with Crippen molar-refractivity contribution in [1.82, 2.24) is 0 Å². The summed E-state index contributed by atoms with van der Waals surface area (Å²) in [6.07, 6.45) is 0. The molecule has 0 aliphatic carbocycles. The lowest BCUT2D eigenvalue weighted by Crippen LogP contribution is -1.79. The normalized spacial score (nSPS) is 11.1. The van der Waals surface area contributed by atoms with Gasteiger partial charge in [0.25, 0.3) is 0 Å². The molecule has 0 bridgehead atoms. The molecule has 0 aliphatic heterocycles. The highest BCUT2D eigenvalue weighted by molar-refractivity contribution is 6.40. The Hall–Kier alpha value is -1.24. The molecule has 0 atom stereocenters. The van der Waals surface area contributed by atoms with Gasteiger partial charge in [-0.1, -0.05) is 59.6 Å². The molecule has 0 heterocycles. The van der Waals surface area contributed by atoms with E-state index < -0.39 is 0 Å². The minimum atomic E-state index is 0.763. The average molecular weight is 247 g/mol. The van der Waals surface area contributed by atoms with Crippen LogP contribution in [-0.4, -0.2) is 0 Å². The molecule has 0 radical (unpaired) electrons. The summed E-state index contributed by atoms with van der Waals surface area (Å²) in [5.41, 5.74) is 0. The molecule has 0 aromatic heterocycles. The van der Waals surface area contributed by atoms with Gasteiger partial charge in [-0.25, -0.2) is 0 Å². The zero-order valence-electron chi connectivity index (χ0n) is 8.37. The molecule has 3 rings (SSSR count). The van der Waals surface area contributed by atoms with E-state index in [-0.39, 0.29) is 0 Å². The molecule has 0 unspecified atom stereocenters. The van der Waals surface area contributed by atoms with Crippen molar-refractivity contribution >= 4 is 44.7 Å². The predicted octanol–water partition coefficient (Wildman–Crippen LogP) is 5.30. The fraction of sp³-hybridized carbons (Fsp3) is 0. The molecule has 0 fully saturated rings. The Bertz CT molecular complexity index is 687. The van der Waals surface area contributed by atoms with Crippen molar-refractivity contribution in [1.29, 1.82) is 0 Å². The first-order valence-electron chi connectivity index (χ1n) is 5.03. The molecule has 0 spiro atoms. The summed E-state index contributed by atoms with van der Waals surface area (Å²) in [6, 6.07) is 15.9. The molecule has 0 aliphatic rings. The Morgan fingerprint density at radius 1 is 0.625 bits per heavy atom. The van der Waals surface area contributed by atoms with Gasteiger partial charge in [0.05, 0.1) is 0 Å². The van der Waals surface area contributed by atoms with Crippen LogP contribution >= 0.6 is 23.2 Å². The lowest BCUT2D eigenvalue weighted by molar-refractivity contribution is 1.76. The summed E-state index contributed by atoms with van der Waals surface area (Å²) in [6.45, 7) is 0. The summed E-state index contributed by atoms with van der Waals surface area (Å²) in [5.74, 6) is 0. The maximum Gasteiger partial charge on any atom is 0.0490 e. The van der Waals surface area contributed by atoms with E-state index in [0.29, 0.717) is 0 Å². The van der Waals surface area contributed by atoms with Crippen molar-refractivity contribution in [3.8, 4) is 0 Å². The number of rotatable bonds is 0. The zero-order valence-corrected chi connectivity index (χ0v) is 9.89. The van der Waals surface area contributed by atoms with Crippen LogP contribution in [0.5, 0.6) is 0 Å². The third-order valence-corrected chi connectivity index (χ3v) is 3.44. The first-order valence-corrected chi connectivity index (χ1v) is 5.78. The van der Waals surface area contributed by atoms with Crippen LogP contribution in [0.2, 0.25) is 10.0 Å². The highest BCUT2D eigenvalue weighted by Gasteiger charge is 2.05. The van der Waals surface area contributed by atoms with Crippen LogP contribution in [0.4, 0.5) is 0 Å². The smallest absolute Gasteiger partial charge is 0.0490 e. The monoisotopic (exact) mass is 246 g/mol. The zero-order chi connectivity index (χ0) is 11.1. The van der Waals surface area contributed by atoms with Crippen LogP contribution in [0.1, 0.15) is 0 Å². The van der Waals surface area contributed by atoms with E-state index >= 15 is 0 Å². The van der Waals surface area contributed by atoms with Gasteiger partial charge in [-0.3, -0.25) is 0 Å². The van der Waals surface area contributed by atoms with E-state index in [1.807, 2.05) is 30.3 Å². The predicted molar refractivity (Wildman–Crippen MR) is 71.5 cm³/mol. The number of halogens is 2. The highest BCUT2D eigenvalue weighted by Crippen LogP contribution is 2.33. The molecule has 0 amide bonds. The van der Waals surface area contributed by atoms with Crippen molar-refractivity contribution < 1.29 is 0 Å². The SMILES string of the molecule is Clc1cccc2c1ccc1cccc(Cl)c12. The van der Waals surface area contributed by atoms with Gasteiger partial charge in [0.15, 0.2) is 0 Å². The fourth-order valence-electron chi connectivity index (χ4n) is 2.06.